The van der Waals surface area contributed by atoms with E-state index in [9.17, 15) is 13.2 Å². The maximum absolute atomic E-state index is 11.8. The Labute approximate surface area is 116 Å². The van der Waals surface area contributed by atoms with Crippen LogP contribution in [-0.4, -0.2) is 30.6 Å². The normalized spacial score (nSPS) is 13.9. The molecule has 19 heavy (non-hydrogen) atoms. The summed E-state index contributed by atoms with van der Waals surface area (Å²) >= 11 is 5.50. The van der Waals surface area contributed by atoms with Gasteiger partial charge in [-0.05, 0) is 26.0 Å². The molecule has 0 heterocycles. The fourth-order valence-corrected chi connectivity index (χ4v) is 2.05. The number of hydrogen-bond acceptors (Lipinski definition) is 4. The Morgan fingerprint density at radius 2 is 1.89 bits per heavy atom. The van der Waals surface area contributed by atoms with Crippen LogP contribution >= 0.6 is 11.6 Å². The molecule has 6 nitrogen and oxygen atoms in total. The average molecular weight is 305 g/mol. The first-order valence-electron chi connectivity index (χ1n) is 5.23. The third-order valence-electron chi connectivity index (χ3n) is 2.26. The number of aryl methyl sites for hydroxylation is 1. The molecule has 0 aromatic heterocycles. The molecule has 104 valence electrons. The van der Waals surface area contributed by atoms with Crippen molar-refractivity contribution in [2.45, 2.75) is 24.1 Å². The number of hydrazone groups is 1. The largest absolute Gasteiger partial charge is 0.480 e. The Morgan fingerprint density at radius 3 is 2.37 bits per heavy atom. The third kappa shape index (κ3) is 4.22. The van der Waals surface area contributed by atoms with E-state index in [1.54, 1.807) is 12.1 Å². The minimum absolute atomic E-state index is 0.0381. The van der Waals surface area contributed by atoms with Gasteiger partial charge in [-0.2, -0.15) is 13.5 Å². The summed E-state index contributed by atoms with van der Waals surface area (Å²) in [6, 6.07) is 6.15. The number of rotatable bonds is 5. The van der Waals surface area contributed by atoms with Crippen LogP contribution < -0.4 is 4.83 Å². The summed E-state index contributed by atoms with van der Waals surface area (Å²) in [5.41, 5.74) is 0.871. The van der Waals surface area contributed by atoms with E-state index in [1.807, 2.05) is 11.8 Å². The molecule has 0 saturated heterocycles. The number of carboxylic acids is 1. The van der Waals surface area contributed by atoms with E-state index in [2.05, 4.69) is 5.10 Å². The van der Waals surface area contributed by atoms with Gasteiger partial charge in [0.15, 0.2) is 5.38 Å². The highest BCUT2D eigenvalue weighted by Gasteiger charge is 2.19. The number of sulfonamides is 1. The molecule has 0 aliphatic carbocycles. The van der Waals surface area contributed by atoms with Gasteiger partial charge >= 0.3 is 5.97 Å². The highest BCUT2D eigenvalue weighted by atomic mass is 35.5. The highest BCUT2D eigenvalue weighted by molar-refractivity contribution is 7.89. The monoisotopic (exact) mass is 304 g/mol. The van der Waals surface area contributed by atoms with Gasteiger partial charge in [0.05, 0.1) is 10.6 Å². The average Bonchev–Trinajstić information content (AvgIpc) is 2.35. The maximum atomic E-state index is 11.8. The summed E-state index contributed by atoms with van der Waals surface area (Å²) < 4.78 is 23.7. The number of nitrogens with zero attached hydrogens (tertiary/aromatic N) is 1. The highest BCUT2D eigenvalue weighted by Crippen LogP contribution is 2.10. The van der Waals surface area contributed by atoms with Crippen molar-refractivity contribution in [1.82, 2.24) is 4.83 Å². The Hall–Kier alpha value is -1.60. The van der Waals surface area contributed by atoms with Gasteiger partial charge in [0.1, 0.15) is 0 Å². The Morgan fingerprint density at radius 1 is 1.37 bits per heavy atom. The number of carbonyl (C=O) groups is 1. The molecule has 1 aromatic carbocycles. The molecular weight excluding hydrogens is 292 g/mol. The molecule has 0 fully saturated rings. The molecule has 2 N–H and O–H groups in total. The Kier molecular flexibility index (Phi) is 4.90. The van der Waals surface area contributed by atoms with Crippen LogP contribution in [0.4, 0.5) is 0 Å². The first-order chi connectivity index (χ1) is 8.74. The second-order valence-corrected chi connectivity index (χ2v) is 5.96. The summed E-state index contributed by atoms with van der Waals surface area (Å²) in [5.74, 6) is -1.29. The summed E-state index contributed by atoms with van der Waals surface area (Å²) in [5, 5.41) is 10.7. The van der Waals surface area contributed by atoms with Crippen molar-refractivity contribution < 1.29 is 18.3 Å². The molecular formula is C11H13ClN2O4S. The molecule has 1 atom stereocenters. The van der Waals surface area contributed by atoms with Crippen LogP contribution in [0.25, 0.3) is 0 Å². The number of carboxylic acid groups (broad SMARTS) is 1. The number of aliphatic carboxylic acids is 1. The second kappa shape index (κ2) is 6.03. The van der Waals surface area contributed by atoms with Gasteiger partial charge in [0.25, 0.3) is 10.0 Å². The summed E-state index contributed by atoms with van der Waals surface area (Å²) in [4.78, 5) is 12.6. The van der Waals surface area contributed by atoms with E-state index in [0.717, 1.165) is 5.56 Å². The first-order valence-corrected chi connectivity index (χ1v) is 7.15. The van der Waals surface area contributed by atoms with E-state index in [4.69, 9.17) is 16.7 Å². The standard InChI is InChI=1S/C11H13ClN2O4S/c1-7-3-5-9(6-4-7)19(17,18)14-13-8(2)10(12)11(15)16/h3-6,10,14H,1-2H3,(H,15,16). The van der Waals surface area contributed by atoms with Crippen LogP contribution in [-0.2, 0) is 14.8 Å². The van der Waals surface area contributed by atoms with Gasteiger partial charge in [-0.15, -0.1) is 11.6 Å². The zero-order valence-corrected chi connectivity index (χ0v) is 11.9. The van der Waals surface area contributed by atoms with Gasteiger partial charge < -0.3 is 5.11 Å². The zero-order valence-electron chi connectivity index (χ0n) is 10.3. The van der Waals surface area contributed by atoms with Gasteiger partial charge in [-0.3, -0.25) is 4.79 Å². The molecule has 1 aromatic rings. The van der Waals surface area contributed by atoms with Crippen molar-refractivity contribution in [2.24, 2.45) is 5.10 Å². The zero-order chi connectivity index (χ0) is 14.6. The topological polar surface area (TPSA) is 95.8 Å². The lowest BCUT2D eigenvalue weighted by molar-refractivity contribution is -0.135. The van der Waals surface area contributed by atoms with Crippen LogP contribution in [0.2, 0.25) is 0 Å². The fraction of sp³-hybridized carbons (Fsp3) is 0.273. The lowest BCUT2D eigenvalue weighted by Crippen LogP contribution is -2.26. The van der Waals surface area contributed by atoms with Crippen molar-refractivity contribution in [1.29, 1.82) is 0 Å². The van der Waals surface area contributed by atoms with Crippen LogP contribution in [0.5, 0.6) is 0 Å². The maximum Gasteiger partial charge on any atom is 0.327 e. The smallest absolute Gasteiger partial charge is 0.327 e. The molecule has 0 amide bonds. The summed E-state index contributed by atoms with van der Waals surface area (Å²) in [6.45, 7) is 3.15. The van der Waals surface area contributed by atoms with Crippen molar-refractivity contribution in [3.05, 3.63) is 29.8 Å². The SMILES string of the molecule is CC(=NNS(=O)(=O)c1ccc(C)cc1)C(Cl)C(=O)O. The third-order valence-corrected chi connectivity index (χ3v) is 3.98. The van der Waals surface area contributed by atoms with Crippen molar-refractivity contribution in [3.8, 4) is 0 Å². The number of alkyl halides is 1. The molecule has 8 heteroatoms. The number of nitrogens with one attached hydrogen (secondary N) is 1. The minimum Gasteiger partial charge on any atom is -0.480 e. The van der Waals surface area contributed by atoms with Crippen LogP contribution in [0.3, 0.4) is 0 Å². The van der Waals surface area contributed by atoms with E-state index in [-0.39, 0.29) is 10.6 Å². The molecule has 0 radical (unpaired) electrons. The second-order valence-electron chi connectivity index (χ2n) is 3.86. The predicted octanol–water partition coefficient (Wildman–Crippen LogP) is 1.34. The van der Waals surface area contributed by atoms with Crippen LogP contribution in [0.15, 0.2) is 34.3 Å². The van der Waals surface area contributed by atoms with Crippen LogP contribution in [0.1, 0.15) is 12.5 Å². The quantitative estimate of drug-likeness (QED) is 0.487. The van der Waals surface area contributed by atoms with E-state index in [1.165, 1.54) is 19.1 Å². The van der Waals surface area contributed by atoms with Crippen molar-refractivity contribution >= 4 is 33.3 Å². The molecule has 1 rings (SSSR count). The molecule has 1 unspecified atom stereocenters. The Bertz CT molecular complexity index is 596. The van der Waals surface area contributed by atoms with E-state index >= 15 is 0 Å². The molecule has 0 saturated carbocycles. The molecule has 0 aliphatic heterocycles. The fourth-order valence-electron chi connectivity index (χ4n) is 1.14. The summed E-state index contributed by atoms with van der Waals surface area (Å²) in [7, 11) is -3.82. The predicted molar refractivity (Wildman–Crippen MR) is 71.9 cm³/mol. The van der Waals surface area contributed by atoms with Gasteiger partial charge in [0.2, 0.25) is 0 Å². The van der Waals surface area contributed by atoms with Gasteiger partial charge in [-0.1, -0.05) is 17.7 Å². The number of benzene rings is 1. The van der Waals surface area contributed by atoms with Gasteiger partial charge in [0, 0.05) is 0 Å². The molecule has 0 aliphatic rings. The molecule has 0 bridgehead atoms. The van der Waals surface area contributed by atoms with Gasteiger partial charge in [-0.25, -0.2) is 4.83 Å². The minimum atomic E-state index is -3.82. The summed E-state index contributed by atoms with van der Waals surface area (Å²) in [6.07, 6.45) is 0. The van der Waals surface area contributed by atoms with Crippen LogP contribution in [0, 0.1) is 6.92 Å². The van der Waals surface area contributed by atoms with E-state index < -0.39 is 21.4 Å². The van der Waals surface area contributed by atoms with Crippen molar-refractivity contribution in [3.63, 3.8) is 0 Å². The van der Waals surface area contributed by atoms with E-state index in [0.29, 0.717) is 0 Å². The number of halogens is 1. The Balaban J connectivity index is 2.89. The number of hydrogen-bond donors (Lipinski definition) is 2. The van der Waals surface area contributed by atoms with Crippen molar-refractivity contribution in [2.75, 3.05) is 0 Å². The lowest BCUT2D eigenvalue weighted by atomic mass is 10.2. The molecule has 0 spiro atoms. The lowest BCUT2D eigenvalue weighted by Gasteiger charge is -2.06. The first kappa shape index (κ1) is 15.5.